The third-order valence-electron chi connectivity index (χ3n) is 2.99. The second-order valence-electron chi connectivity index (χ2n) is 4.23. The van der Waals surface area contributed by atoms with Crippen LogP contribution in [-0.2, 0) is 6.61 Å². The number of aromatic nitrogens is 1. The van der Waals surface area contributed by atoms with Crippen LogP contribution in [0.25, 0.3) is 10.9 Å². The van der Waals surface area contributed by atoms with Crippen LogP contribution in [-0.4, -0.2) is 10.1 Å². The Bertz CT molecular complexity index is 503. The van der Waals surface area contributed by atoms with Gasteiger partial charge < -0.3 is 5.11 Å². The van der Waals surface area contributed by atoms with Gasteiger partial charge in [0.1, 0.15) is 0 Å². The first-order valence-corrected chi connectivity index (χ1v) is 5.36. The number of aliphatic hydroxyl groups excluding tert-OH is 1. The molecule has 15 heavy (non-hydrogen) atoms. The Kier molecular flexibility index (Phi) is 1.96. The molecule has 1 saturated carbocycles. The fourth-order valence-electron chi connectivity index (χ4n) is 1.95. The highest BCUT2D eigenvalue weighted by molar-refractivity contribution is 5.80. The van der Waals surface area contributed by atoms with Crippen molar-refractivity contribution in [1.29, 1.82) is 0 Å². The molecule has 76 valence electrons. The third kappa shape index (κ3) is 1.61. The van der Waals surface area contributed by atoms with Crippen molar-refractivity contribution in [1.82, 2.24) is 4.98 Å². The van der Waals surface area contributed by atoms with E-state index >= 15 is 0 Å². The number of fused-ring (bicyclic) bond motifs is 1. The summed E-state index contributed by atoms with van der Waals surface area (Å²) in [5, 5.41) is 10.2. The van der Waals surface area contributed by atoms with E-state index in [0.29, 0.717) is 0 Å². The predicted molar refractivity (Wildman–Crippen MR) is 59.6 cm³/mol. The second kappa shape index (κ2) is 3.31. The van der Waals surface area contributed by atoms with Gasteiger partial charge in [-0.2, -0.15) is 0 Å². The van der Waals surface area contributed by atoms with Crippen LogP contribution >= 0.6 is 0 Å². The zero-order valence-electron chi connectivity index (χ0n) is 8.48. The van der Waals surface area contributed by atoms with Gasteiger partial charge in [0.05, 0.1) is 12.1 Å². The van der Waals surface area contributed by atoms with Crippen molar-refractivity contribution in [3.63, 3.8) is 0 Å². The lowest BCUT2D eigenvalue weighted by atomic mass is 10.1. The van der Waals surface area contributed by atoms with Gasteiger partial charge in [-0.3, -0.25) is 4.98 Å². The summed E-state index contributed by atoms with van der Waals surface area (Å²) in [4.78, 5) is 4.31. The van der Waals surface area contributed by atoms with Crippen LogP contribution in [0.15, 0.2) is 30.5 Å². The Labute approximate surface area is 88.6 Å². The van der Waals surface area contributed by atoms with Crippen LogP contribution in [0.5, 0.6) is 0 Å². The smallest absolute Gasteiger partial charge is 0.0702 e. The van der Waals surface area contributed by atoms with Crippen LogP contribution < -0.4 is 0 Å². The first-order valence-electron chi connectivity index (χ1n) is 5.36. The molecule has 0 spiro atoms. The normalized spacial score (nSPS) is 15.8. The Balaban J connectivity index is 2.14. The average molecular weight is 199 g/mol. The van der Waals surface area contributed by atoms with E-state index in [9.17, 15) is 0 Å². The number of aliphatic hydroxyl groups is 1. The van der Waals surface area contributed by atoms with E-state index < -0.39 is 0 Å². The maximum Gasteiger partial charge on any atom is 0.0702 e. The van der Waals surface area contributed by atoms with Crippen molar-refractivity contribution >= 4 is 10.9 Å². The van der Waals surface area contributed by atoms with Gasteiger partial charge in [0, 0.05) is 11.6 Å². The number of benzene rings is 1. The summed E-state index contributed by atoms with van der Waals surface area (Å²) in [7, 11) is 0. The molecule has 0 unspecified atom stereocenters. The van der Waals surface area contributed by atoms with E-state index in [1.807, 2.05) is 6.07 Å². The van der Waals surface area contributed by atoms with Crippen molar-refractivity contribution in [3.8, 4) is 0 Å². The molecule has 0 atom stereocenters. The first kappa shape index (κ1) is 8.86. The molecule has 0 amide bonds. The minimum atomic E-state index is 0.0661. The van der Waals surface area contributed by atoms with E-state index in [1.54, 1.807) is 6.20 Å². The minimum absolute atomic E-state index is 0.0661. The van der Waals surface area contributed by atoms with Crippen molar-refractivity contribution in [2.45, 2.75) is 25.4 Å². The average Bonchev–Trinajstić information content (AvgIpc) is 3.11. The zero-order valence-corrected chi connectivity index (χ0v) is 8.48. The highest BCUT2D eigenvalue weighted by Gasteiger charge is 2.23. The Hall–Kier alpha value is -1.41. The number of pyridine rings is 1. The molecule has 1 aromatic carbocycles. The van der Waals surface area contributed by atoms with Gasteiger partial charge in [-0.1, -0.05) is 6.07 Å². The molecule has 1 aliphatic rings. The summed E-state index contributed by atoms with van der Waals surface area (Å²) < 4.78 is 0. The standard InChI is InChI=1S/C13H13NO/c15-8-9-5-12-6-11(10-1-2-10)3-4-13(12)14-7-9/h3-7,10,15H,1-2,8H2. The fraction of sp³-hybridized carbons (Fsp3) is 0.308. The van der Waals surface area contributed by atoms with Crippen molar-refractivity contribution in [2.24, 2.45) is 0 Å². The van der Waals surface area contributed by atoms with Gasteiger partial charge in [0.2, 0.25) is 0 Å². The summed E-state index contributed by atoms with van der Waals surface area (Å²) >= 11 is 0. The quantitative estimate of drug-likeness (QED) is 0.806. The molecule has 3 rings (SSSR count). The zero-order chi connectivity index (χ0) is 10.3. The molecule has 0 aliphatic heterocycles. The van der Waals surface area contributed by atoms with Crippen molar-refractivity contribution < 1.29 is 5.11 Å². The van der Waals surface area contributed by atoms with Gasteiger partial charge in [-0.05, 0) is 48.1 Å². The molecule has 1 heterocycles. The summed E-state index contributed by atoms with van der Waals surface area (Å²) in [5.41, 5.74) is 3.31. The Morgan fingerprint density at radius 3 is 2.87 bits per heavy atom. The summed E-state index contributed by atoms with van der Waals surface area (Å²) in [6, 6.07) is 8.48. The topological polar surface area (TPSA) is 33.1 Å². The van der Waals surface area contributed by atoms with Crippen LogP contribution in [0.4, 0.5) is 0 Å². The molecule has 2 aromatic rings. The van der Waals surface area contributed by atoms with Gasteiger partial charge >= 0.3 is 0 Å². The van der Waals surface area contributed by atoms with Crippen LogP contribution in [0.1, 0.15) is 29.9 Å². The van der Waals surface area contributed by atoms with Crippen molar-refractivity contribution in [2.75, 3.05) is 0 Å². The summed E-state index contributed by atoms with van der Waals surface area (Å²) in [6.45, 7) is 0.0661. The summed E-state index contributed by atoms with van der Waals surface area (Å²) in [5.74, 6) is 0.771. The highest BCUT2D eigenvalue weighted by Crippen LogP contribution is 2.40. The van der Waals surface area contributed by atoms with Crippen molar-refractivity contribution in [3.05, 3.63) is 41.6 Å². The lowest BCUT2D eigenvalue weighted by Crippen LogP contribution is -1.88. The van der Waals surface area contributed by atoms with Crippen LogP contribution in [0, 0.1) is 0 Å². The molecule has 1 aromatic heterocycles. The molecular weight excluding hydrogens is 186 g/mol. The van der Waals surface area contributed by atoms with E-state index in [0.717, 1.165) is 22.4 Å². The van der Waals surface area contributed by atoms with Gasteiger partial charge in [-0.25, -0.2) is 0 Å². The molecule has 0 radical (unpaired) electrons. The Morgan fingerprint density at radius 1 is 1.27 bits per heavy atom. The van der Waals surface area contributed by atoms with Gasteiger partial charge in [0.15, 0.2) is 0 Å². The predicted octanol–water partition coefficient (Wildman–Crippen LogP) is 2.60. The maximum absolute atomic E-state index is 9.05. The Morgan fingerprint density at radius 2 is 2.13 bits per heavy atom. The monoisotopic (exact) mass is 199 g/mol. The first-order chi connectivity index (χ1) is 7.36. The number of hydrogen-bond donors (Lipinski definition) is 1. The van der Waals surface area contributed by atoms with E-state index in [1.165, 1.54) is 18.4 Å². The van der Waals surface area contributed by atoms with Gasteiger partial charge in [0.25, 0.3) is 0 Å². The van der Waals surface area contributed by atoms with E-state index in [2.05, 4.69) is 23.2 Å². The molecule has 1 N–H and O–H groups in total. The molecular formula is C13H13NO. The maximum atomic E-state index is 9.05. The third-order valence-corrected chi connectivity index (χ3v) is 2.99. The number of hydrogen-bond acceptors (Lipinski definition) is 2. The van der Waals surface area contributed by atoms with Crippen LogP contribution in [0.3, 0.4) is 0 Å². The largest absolute Gasteiger partial charge is 0.392 e. The second-order valence-corrected chi connectivity index (χ2v) is 4.23. The number of rotatable bonds is 2. The summed E-state index contributed by atoms with van der Waals surface area (Å²) in [6.07, 6.45) is 4.37. The van der Waals surface area contributed by atoms with Crippen LogP contribution in [0.2, 0.25) is 0 Å². The molecule has 1 fully saturated rings. The molecule has 0 bridgehead atoms. The molecule has 0 saturated heterocycles. The lowest BCUT2D eigenvalue weighted by molar-refractivity contribution is 0.281. The molecule has 2 heteroatoms. The highest BCUT2D eigenvalue weighted by atomic mass is 16.3. The SMILES string of the molecule is OCc1cnc2ccc(C3CC3)cc2c1. The van der Waals surface area contributed by atoms with E-state index in [-0.39, 0.29) is 6.61 Å². The van der Waals surface area contributed by atoms with Gasteiger partial charge in [-0.15, -0.1) is 0 Å². The molecule has 2 nitrogen and oxygen atoms in total. The fourth-order valence-corrected chi connectivity index (χ4v) is 1.95. The molecule has 1 aliphatic carbocycles. The number of nitrogens with zero attached hydrogens (tertiary/aromatic N) is 1. The minimum Gasteiger partial charge on any atom is -0.392 e. The van der Waals surface area contributed by atoms with E-state index in [4.69, 9.17) is 5.11 Å². The lowest BCUT2D eigenvalue weighted by Gasteiger charge is -2.03.